The molecule has 1 aromatic rings. The Morgan fingerprint density at radius 3 is 2.55 bits per heavy atom. The number of rotatable bonds is 4. The van der Waals surface area contributed by atoms with Gasteiger partial charge < -0.3 is 9.84 Å². The van der Waals surface area contributed by atoms with Crippen LogP contribution in [0.15, 0.2) is 54.3 Å². The van der Waals surface area contributed by atoms with E-state index < -0.39 is 11.4 Å². The van der Waals surface area contributed by atoms with Gasteiger partial charge in [-0.05, 0) is 30.2 Å². The van der Waals surface area contributed by atoms with E-state index in [2.05, 4.69) is 25.6 Å². The summed E-state index contributed by atoms with van der Waals surface area (Å²) < 4.78 is 4.88. The summed E-state index contributed by atoms with van der Waals surface area (Å²) in [7, 11) is 1.35. The third-order valence-electron chi connectivity index (χ3n) is 4.70. The van der Waals surface area contributed by atoms with E-state index in [1.165, 1.54) is 12.7 Å². The Kier molecular flexibility index (Phi) is 4.45. The molecule has 0 radical (unpaired) electrons. The molecule has 1 N–H and O–H groups in total. The molecule has 22 heavy (non-hydrogen) atoms. The normalized spacial score (nSPS) is 28.3. The van der Waals surface area contributed by atoms with E-state index in [9.17, 15) is 9.90 Å². The smallest absolute Gasteiger partial charge is 0.337 e. The Labute approximate surface area is 132 Å². The van der Waals surface area contributed by atoms with Crippen LogP contribution < -0.4 is 0 Å². The van der Waals surface area contributed by atoms with Gasteiger partial charge in [0.25, 0.3) is 0 Å². The summed E-state index contributed by atoms with van der Waals surface area (Å²) in [4.78, 5) is 12.1. The van der Waals surface area contributed by atoms with Crippen LogP contribution in [0.3, 0.4) is 0 Å². The zero-order valence-electron chi connectivity index (χ0n) is 13.6. The molecule has 0 fully saturated rings. The molecular formula is C19H24O3. The van der Waals surface area contributed by atoms with E-state index in [1.807, 2.05) is 25.1 Å². The molecule has 3 nitrogen and oxygen atoms in total. The summed E-state index contributed by atoms with van der Waals surface area (Å²) in [5.41, 5.74) is 0.812. The number of hydrogen-bond donors (Lipinski definition) is 1. The monoisotopic (exact) mass is 300 g/mol. The summed E-state index contributed by atoms with van der Waals surface area (Å²) in [6.45, 7) is 7.91. The molecule has 0 aliphatic heterocycles. The Morgan fingerprint density at radius 2 is 2.00 bits per heavy atom. The predicted molar refractivity (Wildman–Crippen MR) is 87.6 cm³/mol. The van der Waals surface area contributed by atoms with Gasteiger partial charge in [0.1, 0.15) is 5.76 Å². The number of hydrogen-bond acceptors (Lipinski definition) is 3. The van der Waals surface area contributed by atoms with Crippen molar-refractivity contribution in [3.05, 3.63) is 59.9 Å². The lowest BCUT2D eigenvalue weighted by Gasteiger charge is -2.44. The van der Waals surface area contributed by atoms with Gasteiger partial charge in [-0.3, -0.25) is 0 Å². The molecule has 0 saturated heterocycles. The number of ether oxygens (including phenoxy) is 1. The minimum absolute atomic E-state index is 0.146. The van der Waals surface area contributed by atoms with Crippen LogP contribution in [0.2, 0.25) is 0 Å². The van der Waals surface area contributed by atoms with E-state index in [0.29, 0.717) is 18.4 Å². The van der Waals surface area contributed by atoms with Gasteiger partial charge in [0.05, 0.1) is 12.7 Å². The van der Waals surface area contributed by atoms with Crippen molar-refractivity contribution in [2.75, 3.05) is 7.11 Å². The molecule has 0 aromatic heterocycles. The van der Waals surface area contributed by atoms with Crippen LogP contribution in [0.1, 0.15) is 38.7 Å². The van der Waals surface area contributed by atoms with Crippen molar-refractivity contribution in [3.8, 4) is 0 Å². The highest BCUT2D eigenvalue weighted by molar-refractivity contribution is 5.89. The fraction of sp³-hybridized carbons (Fsp3) is 0.421. The first kappa shape index (κ1) is 16.3. The second-order valence-corrected chi connectivity index (χ2v) is 6.65. The summed E-state index contributed by atoms with van der Waals surface area (Å²) in [5, 5.41) is 10.6. The molecule has 1 aliphatic carbocycles. The number of esters is 1. The number of allylic oxidation sites excluding steroid dienone is 2. The Bertz CT molecular complexity index is 602. The van der Waals surface area contributed by atoms with Crippen molar-refractivity contribution >= 4 is 5.97 Å². The van der Waals surface area contributed by atoms with Crippen LogP contribution in [-0.4, -0.2) is 18.2 Å². The van der Waals surface area contributed by atoms with E-state index in [0.717, 1.165) is 6.42 Å². The molecule has 0 saturated carbocycles. The van der Waals surface area contributed by atoms with Gasteiger partial charge in [0.15, 0.2) is 0 Å². The summed E-state index contributed by atoms with van der Waals surface area (Å²) in [5.74, 6) is -0.303. The van der Waals surface area contributed by atoms with Crippen LogP contribution in [0, 0.1) is 5.41 Å². The van der Waals surface area contributed by atoms with Gasteiger partial charge in [0, 0.05) is 5.41 Å². The highest BCUT2D eigenvalue weighted by atomic mass is 16.5. The zero-order valence-corrected chi connectivity index (χ0v) is 13.6. The average Bonchev–Trinajstić information content (AvgIpc) is 2.51. The Morgan fingerprint density at radius 1 is 1.36 bits per heavy atom. The largest absolute Gasteiger partial charge is 0.511 e. The summed E-state index contributed by atoms with van der Waals surface area (Å²) in [6.07, 6.45) is 3.63. The number of benzene rings is 1. The van der Waals surface area contributed by atoms with Gasteiger partial charge in [-0.25, -0.2) is 4.79 Å². The van der Waals surface area contributed by atoms with Crippen molar-refractivity contribution in [1.82, 2.24) is 0 Å². The molecule has 2 atom stereocenters. The van der Waals surface area contributed by atoms with Crippen LogP contribution >= 0.6 is 0 Å². The van der Waals surface area contributed by atoms with Crippen LogP contribution in [0.25, 0.3) is 0 Å². The quantitative estimate of drug-likeness (QED) is 0.666. The van der Waals surface area contributed by atoms with Crippen molar-refractivity contribution in [3.63, 3.8) is 0 Å². The molecule has 0 bridgehead atoms. The molecule has 0 spiro atoms. The standard InChI is InChI=1S/C19H24O3/c1-5-11-18(2)13-19(3,14-9-7-6-8-10-14)12-15(16(18)20)17(21)22-4/h5-10,20H,1,11-13H2,2-4H3/t18-,19+/m0/s1. The molecule has 1 aliphatic rings. The number of aliphatic hydroxyl groups is 1. The van der Waals surface area contributed by atoms with Gasteiger partial charge in [0.2, 0.25) is 0 Å². The number of aliphatic hydroxyl groups excluding tert-OH is 1. The second kappa shape index (κ2) is 5.99. The minimum Gasteiger partial charge on any atom is -0.511 e. The molecule has 0 unspecified atom stereocenters. The van der Waals surface area contributed by atoms with E-state index in [1.54, 1.807) is 6.08 Å². The predicted octanol–water partition coefficient (Wildman–Crippen LogP) is 4.31. The fourth-order valence-corrected chi connectivity index (χ4v) is 3.67. The van der Waals surface area contributed by atoms with Gasteiger partial charge in [-0.1, -0.05) is 50.3 Å². The van der Waals surface area contributed by atoms with Crippen LogP contribution in [0.4, 0.5) is 0 Å². The molecular weight excluding hydrogens is 276 g/mol. The van der Waals surface area contributed by atoms with E-state index in [-0.39, 0.29) is 11.2 Å². The summed E-state index contributed by atoms with van der Waals surface area (Å²) >= 11 is 0. The lowest BCUT2D eigenvalue weighted by molar-refractivity contribution is -0.137. The molecule has 2 rings (SSSR count). The van der Waals surface area contributed by atoms with E-state index >= 15 is 0 Å². The lowest BCUT2D eigenvalue weighted by atomic mass is 9.60. The molecule has 1 aromatic carbocycles. The topological polar surface area (TPSA) is 46.5 Å². The maximum Gasteiger partial charge on any atom is 0.337 e. The fourth-order valence-electron chi connectivity index (χ4n) is 3.67. The SMILES string of the molecule is C=CC[C@@]1(C)C[C@](C)(c2ccccc2)CC(C(=O)OC)=C1O. The summed E-state index contributed by atoms with van der Waals surface area (Å²) in [6, 6.07) is 10.1. The Hall–Kier alpha value is -2.03. The number of carbonyl (C=O) groups is 1. The van der Waals surface area contributed by atoms with Gasteiger partial charge >= 0.3 is 5.97 Å². The van der Waals surface area contributed by atoms with E-state index in [4.69, 9.17) is 4.74 Å². The van der Waals surface area contributed by atoms with Gasteiger partial charge in [-0.2, -0.15) is 0 Å². The Balaban J connectivity index is 2.55. The molecule has 0 amide bonds. The highest BCUT2D eigenvalue weighted by Gasteiger charge is 2.46. The number of methoxy groups -OCH3 is 1. The van der Waals surface area contributed by atoms with Crippen LogP contribution in [-0.2, 0) is 14.9 Å². The third-order valence-corrected chi connectivity index (χ3v) is 4.70. The van der Waals surface area contributed by atoms with Crippen LogP contribution in [0.5, 0.6) is 0 Å². The minimum atomic E-state index is -0.506. The van der Waals surface area contributed by atoms with Crippen molar-refractivity contribution in [2.45, 2.75) is 38.5 Å². The molecule has 3 heteroatoms. The highest BCUT2D eigenvalue weighted by Crippen LogP contribution is 2.51. The second-order valence-electron chi connectivity index (χ2n) is 6.65. The third kappa shape index (κ3) is 2.80. The zero-order chi connectivity index (χ0) is 16.4. The molecule has 118 valence electrons. The maximum atomic E-state index is 12.1. The lowest BCUT2D eigenvalue weighted by Crippen LogP contribution is -2.39. The van der Waals surface area contributed by atoms with Crippen molar-refractivity contribution < 1.29 is 14.6 Å². The van der Waals surface area contributed by atoms with Crippen molar-refractivity contribution in [1.29, 1.82) is 0 Å². The maximum absolute atomic E-state index is 12.1. The van der Waals surface area contributed by atoms with Gasteiger partial charge in [-0.15, -0.1) is 6.58 Å². The first-order valence-corrected chi connectivity index (χ1v) is 7.54. The average molecular weight is 300 g/mol. The molecule has 0 heterocycles. The number of carbonyl (C=O) groups excluding carboxylic acids is 1. The van der Waals surface area contributed by atoms with Crippen molar-refractivity contribution in [2.24, 2.45) is 5.41 Å². The first-order valence-electron chi connectivity index (χ1n) is 7.54. The first-order chi connectivity index (χ1) is 10.4.